The number of unbranched alkanes of at least 4 members (excludes halogenated alkanes) is 24. The smallest absolute Gasteiger partial charge is 0.242 e. The second kappa shape index (κ2) is 40.0. The van der Waals surface area contributed by atoms with E-state index in [2.05, 4.69) is 54.1 Å². The van der Waals surface area contributed by atoms with Crippen molar-refractivity contribution in [1.29, 1.82) is 0 Å². The lowest BCUT2D eigenvalue weighted by molar-refractivity contribution is -0.130. The molecule has 0 rings (SSSR count). The highest BCUT2D eigenvalue weighted by Crippen LogP contribution is 2.12. The molecule has 304 valence electrons. The van der Waals surface area contributed by atoms with Crippen molar-refractivity contribution in [3.05, 3.63) is 24.3 Å². The van der Waals surface area contributed by atoms with Crippen LogP contribution in [0.3, 0.4) is 0 Å². The van der Waals surface area contributed by atoms with Crippen LogP contribution in [-0.2, 0) is 14.4 Å². The summed E-state index contributed by atoms with van der Waals surface area (Å²) in [6, 6.07) is -0.697. The molecule has 3 amide bonds. The fourth-order valence-electron chi connectivity index (χ4n) is 6.47. The molecule has 0 bridgehead atoms. The summed E-state index contributed by atoms with van der Waals surface area (Å²) in [6.07, 6.45) is 45.2. The molecule has 0 fully saturated rings. The number of nitrogens with zero attached hydrogens (tertiary/aromatic N) is 1. The molecule has 0 aliphatic heterocycles. The van der Waals surface area contributed by atoms with Crippen molar-refractivity contribution in [2.45, 2.75) is 213 Å². The quantitative estimate of drug-likeness (QED) is 0.0434. The highest BCUT2D eigenvalue weighted by Gasteiger charge is 2.21. The lowest BCUT2D eigenvalue weighted by atomic mass is 10.1. The number of amides is 3. The van der Waals surface area contributed by atoms with Crippen LogP contribution in [0.25, 0.3) is 0 Å². The minimum Gasteiger partial charge on any atom is -0.356 e. The average molecular weight is 731 g/mol. The molecule has 0 aromatic rings. The maximum Gasteiger partial charge on any atom is 0.242 e. The third kappa shape index (κ3) is 37.6. The van der Waals surface area contributed by atoms with E-state index in [9.17, 15) is 14.4 Å². The first-order chi connectivity index (χ1) is 25.4. The maximum atomic E-state index is 13.0. The highest BCUT2D eigenvalue weighted by molar-refractivity contribution is 5.88. The molecule has 1 atom stereocenters. The van der Waals surface area contributed by atoms with Gasteiger partial charge in [-0.05, 0) is 84.7 Å². The average Bonchev–Trinajstić information content (AvgIpc) is 3.12. The Morgan fingerprint density at radius 1 is 0.481 bits per heavy atom. The Morgan fingerprint density at radius 2 is 0.846 bits per heavy atom. The second-order valence-electron chi connectivity index (χ2n) is 15.4. The molecule has 0 spiro atoms. The number of likely N-dealkylation sites (N-methyl/N-ethyl adjacent to an activating group) is 1. The normalized spacial score (nSPS) is 12.2. The van der Waals surface area contributed by atoms with Crippen LogP contribution >= 0.6 is 0 Å². The Kier molecular flexibility index (Phi) is 38.4. The topological polar surface area (TPSA) is 90.5 Å². The number of carbonyl (C=O) groups excluding carboxylic acids is 3. The first-order valence-corrected chi connectivity index (χ1v) is 22.2. The van der Waals surface area contributed by atoms with Gasteiger partial charge in [0.25, 0.3) is 0 Å². The van der Waals surface area contributed by atoms with E-state index in [0.29, 0.717) is 19.5 Å². The molecule has 0 saturated carbocycles. The van der Waals surface area contributed by atoms with Crippen molar-refractivity contribution < 1.29 is 14.4 Å². The van der Waals surface area contributed by atoms with Crippen LogP contribution in [0, 0.1) is 0 Å². The molecule has 3 N–H and O–H groups in total. The van der Waals surface area contributed by atoms with Gasteiger partial charge in [-0.25, -0.2) is 0 Å². The summed E-state index contributed by atoms with van der Waals surface area (Å²) in [4.78, 5) is 39.8. The van der Waals surface area contributed by atoms with E-state index >= 15 is 0 Å². The molecule has 0 aliphatic rings. The van der Waals surface area contributed by atoms with Crippen molar-refractivity contribution in [3.63, 3.8) is 0 Å². The summed E-state index contributed by atoms with van der Waals surface area (Å²) < 4.78 is 0. The monoisotopic (exact) mass is 731 g/mol. The molecule has 7 heteroatoms. The molecular weight excluding hydrogens is 645 g/mol. The number of carbonyl (C=O) groups is 3. The SMILES string of the molecule is CCCCCCCC/C=C\CCCCCCCCNC(=O)CCC(NC(=O)CN(C)C)C(=O)NCCCCCCCC/C=C\CCCCCCCC. The third-order valence-corrected chi connectivity index (χ3v) is 9.77. The number of rotatable bonds is 39. The Hall–Kier alpha value is -2.15. The minimum atomic E-state index is -0.697. The van der Waals surface area contributed by atoms with Crippen molar-refractivity contribution in [2.24, 2.45) is 0 Å². The van der Waals surface area contributed by atoms with Crippen LogP contribution in [0.5, 0.6) is 0 Å². The van der Waals surface area contributed by atoms with Gasteiger partial charge in [-0.2, -0.15) is 0 Å². The van der Waals surface area contributed by atoms with E-state index in [-0.39, 0.29) is 30.7 Å². The zero-order valence-electron chi connectivity index (χ0n) is 34.9. The summed E-state index contributed by atoms with van der Waals surface area (Å²) in [5.74, 6) is -0.450. The molecular formula is C45H86N4O3. The molecule has 0 aromatic carbocycles. The van der Waals surface area contributed by atoms with Gasteiger partial charge in [0, 0.05) is 19.5 Å². The number of allylic oxidation sites excluding steroid dienone is 4. The highest BCUT2D eigenvalue weighted by atomic mass is 16.2. The zero-order chi connectivity index (χ0) is 38.2. The fourth-order valence-corrected chi connectivity index (χ4v) is 6.47. The van der Waals surface area contributed by atoms with Gasteiger partial charge in [-0.15, -0.1) is 0 Å². The van der Waals surface area contributed by atoms with Crippen LogP contribution in [0.4, 0.5) is 0 Å². The van der Waals surface area contributed by atoms with Crippen LogP contribution < -0.4 is 16.0 Å². The van der Waals surface area contributed by atoms with Crippen LogP contribution in [-0.4, -0.2) is 62.4 Å². The molecule has 0 saturated heterocycles. The maximum absolute atomic E-state index is 13.0. The lowest BCUT2D eigenvalue weighted by Crippen LogP contribution is -2.49. The van der Waals surface area contributed by atoms with Gasteiger partial charge >= 0.3 is 0 Å². The van der Waals surface area contributed by atoms with Crippen LogP contribution in [0.15, 0.2) is 24.3 Å². The fraction of sp³-hybridized carbons (Fsp3) is 0.844. The summed E-state index contributed by atoms with van der Waals surface area (Å²) in [5, 5.41) is 8.87. The summed E-state index contributed by atoms with van der Waals surface area (Å²) >= 11 is 0. The van der Waals surface area contributed by atoms with E-state index in [0.717, 1.165) is 25.7 Å². The van der Waals surface area contributed by atoms with Crippen LogP contribution in [0.2, 0.25) is 0 Å². The first kappa shape index (κ1) is 49.9. The van der Waals surface area contributed by atoms with Crippen molar-refractivity contribution in [3.8, 4) is 0 Å². The van der Waals surface area contributed by atoms with Gasteiger partial charge in [-0.1, -0.05) is 154 Å². The van der Waals surface area contributed by atoms with Gasteiger partial charge < -0.3 is 20.9 Å². The summed E-state index contributed by atoms with van der Waals surface area (Å²) in [6.45, 7) is 6.01. The van der Waals surface area contributed by atoms with E-state index < -0.39 is 6.04 Å². The molecule has 0 aromatic heterocycles. The summed E-state index contributed by atoms with van der Waals surface area (Å²) in [5.41, 5.74) is 0. The van der Waals surface area contributed by atoms with Crippen molar-refractivity contribution >= 4 is 17.7 Å². The van der Waals surface area contributed by atoms with Gasteiger partial charge in [0.1, 0.15) is 6.04 Å². The Balaban J connectivity index is 4.00. The summed E-state index contributed by atoms with van der Waals surface area (Å²) in [7, 11) is 3.65. The standard InChI is InChI=1S/C45H86N4O3/c1-5-7-9-11-13-15-17-19-21-23-25-27-29-31-33-35-39-46-43(50)38-37-42(48-44(51)41-49(3)4)45(52)47-40-36-34-32-30-28-26-24-22-20-18-16-14-12-10-8-6-2/h19-22,42H,5-18,23-41H2,1-4H3,(H,46,50)(H,47,52)(H,48,51)/b21-19-,22-20-. The molecule has 0 aliphatic carbocycles. The zero-order valence-corrected chi connectivity index (χ0v) is 34.9. The first-order valence-electron chi connectivity index (χ1n) is 22.2. The molecule has 52 heavy (non-hydrogen) atoms. The molecule has 0 heterocycles. The van der Waals surface area contributed by atoms with Gasteiger partial charge in [0.15, 0.2) is 0 Å². The van der Waals surface area contributed by atoms with Gasteiger partial charge in [0.2, 0.25) is 17.7 Å². The van der Waals surface area contributed by atoms with Crippen LogP contribution in [0.1, 0.15) is 206 Å². The van der Waals surface area contributed by atoms with E-state index in [1.165, 1.54) is 154 Å². The van der Waals surface area contributed by atoms with E-state index in [4.69, 9.17) is 0 Å². The third-order valence-electron chi connectivity index (χ3n) is 9.77. The van der Waals surface area contributed by atoms with Gasteiger partial charge in [-0.3, -0.25) is 14.4 Å². The number of nitrogens with one attached hydrogen (secondary N) is 3. The predicted molar refractivity (Wildman–Crippen MR) is 225 cm³/mol. The lowest BCUT2D eigenvalue weighted by Gasteiger charge is -2.19. The molecule has 1 unspecified atom stereocenters. The van der Waals surface area contributed by atoms with Gasteiger partial charge in [0.05, 0.1) is 6.54 Å². The second-order valence-corrected chi connectivity index (χ2v) is 15.4. The van der Waals surface area contributed by atoms with Crippen molar-refractivity contribution in [1.82, 2.24) is 20.9 Å². The predicted octanol–water partition coefficient (Wildman–Crippen LogP) is 11.1. The van der Waals surface area contributed by atoms with E-state index in [1.807, 2.05) is 14.1 Å². The molecule has 0 radical (unpaired) electrons. The molecule has 7 nitrogen and oxygen atoms in total. The van der Waals surface area contributed by atoms with E-state index in [1.54, 1.807) is 4.90 Å². The number of hydrogen-bond donors (Lipinski definition) is 3. The Bertz CT molecular complexity index is 873. The Labute approximate surface area is 322 Å². The Morgan fingerprint density at radius 3 is 1.25 bits per heavy atom. The van der Waals surface area contributed by atoms with Crippen molar-refractivity contribution in [2.75, 3.05) is 33.7 Å². The number of hydrogen-bond acceptors (Lipinski definition) is 4. The largest absolute Gasteiger partial charge is 0.356 e. The minimum absolute atomic E-state index is 0.0549.